The molecule has 3 heterocycles. The van der Waals surface area contributed by atoms with Crippen molar-refractivity contribution in [2.24, 2.45) is 0 Å². The minimum Gasteiger partial charge on any atom is -0.366 e. The van der Waals surface area contributed by atoms with Crippen LogP contribution in [0.25, 0.3) is 10.8 Å². The first kappa shape index (κ1) is 19.2. The molecule has 1 aliphatic carbocycles. The van der Waals surface area contributed by atoms with Crippen LogP contribution in [0.5, 0.6) is 0 Å². The molecule has 1 atom stereocenters. The number of likely N-dealkylation sites (tertiary alicyclic amines) is 1. The van der Waals surface area contributed by atoms with Gasteiger partial charge in [0, 0.05) is 36.0 Å². The summed E-state index contributed by atoms with van der Waals surface area (Å²) in [6.07, 6.45) is 8.50. The van der Waals surface area contributed by atoms with Crippen molar-refractivity contribution in [2.45, 2.75) is 51.1 Å². The van der Waals surface area contributed by atoms with E-state index in [9.17, 15) is 4.79 Å². The van der Waals surface area contributed by atoms with E-state index in [4.69, 9.17) is 0 Å². The molecule has 1 N–H and O–H groups in total. The van der Waals surface area contributed by atoms with E-state index in [-0.39, 0.29) is 5.56 Å². The number of anilines is 1. The summed E-state index contributed by atoms with van der Waals surface area (Å²) >= 11 is 0. The number of benzene rings is 1. The lowest BCUT2D eigenvalue weighted by Crippen LogP contribution is -2.45. The zero-order valence-corrected chi connectivity index (χ0v) is 17.3. The van der Waals surface area contributed by atoms with Crippen LogP contribution in [0.4, 0.5) is 5.82 Å². The normalized spacial score (nSPS) is 19.1. The van der Waals surface area contributed by atoms with Crippen molar-refractivity contribution in [3.05, 3.63) is 58.1 Å². The van der Waals surface area contributed by atoms with E-state index in [1.54, 1.807) is 16.9 Å². The fraction of sp³-hybridized carbons (Fsp3) is 0.478. The SMILES string of the molecule is O=c1cc2c(nn1CCN1CCCCC1CNc1nncc3ccccc13)CCC2. The van der Waals surface area contributed by atoms with Crippen LogP contribution in [0.2, 0.25) is 0 Å². The van der Waals surface area contributed by atoms with Gasteiger partial charge in [-0.1, -0.05) is 30.7 Å². The summed E-state index contributed by atoms with van der Waals surface area (Å²) in [7, 11) is 0. The first-order chi connectivity index (χ1) is 14.8. The quantitative estimate of drug-likeness (QED) is 0.681. The number of rotatable bonds is 6. The molecule has 5 rings (SSSR count). The Morgan fingerprint density at radius 3 is 3.00 bits per heavy atom. The van der Waals surface area contributed by atoms with Crippen molar-refractivity contribution < 1.29 is 0 Å². The molecule has 7 heteroatoms. The third-order valence-corrected chi connectivity index (χ3v) is 6.45. The molecule has 3 aromatic rings. The highest BCUT2D eigenvalue weighted by atomic mass is 16.1. The number of fused-ring (bicyclic) bond motifs is 2. The highest BCUT2D eigenvalue weighted by Gasteiger charge is 2.23. The van der Waals surface area contributed by atoms with Crippen LogP contribution in [-0.4, -0.2) is 50.6 Å². The van der Waals surface area contributed by atoms with E-state index in [2.05, 4.69) is 37.6 Å². The molecule has 7 nitrogen and oxygen atoms in total. The van der Waals surface area contributed by atoms with E-state index >= 15 is 0 Å². The Labute approximate surface area is 176 Å². The maximum Gasteiger partial charge on any atom is 0.267 e. The third kappa shape index (κ3) is 3.94. The third-order valence-electron chi connectivity index (χ3n) is 6.45. The maximum atomic E-state index is 12.4. The van der Waals surface area contributed by atoms with Gasteiger partial charge in [-0.05, 0) is 44.2 Å². The van der Waals surface area contributed by atoms with Crippen molar-refractivity contribution in [3.63, 3.8) is 0 Å². The van der Waals surface area contributed by atoms with Crippen LogP contribution in [0.3, 0.4) is 0 Å². The Balaban J connectivity index is 1.25. The van der Waals surface area contributed by atoms with Crippen LogP contribution < -0.4 is 10.9 Å². The Hall–Kier alpha value is -2.80. The standard InChI is InChI=1S/C23H28N6O/c30-22-14-17-7-5-10-21(17)27-29(22)13-12-28-11-4-3-8-19(28)16-24-23-20-9-2-1-6-18(20)15-25-26-23/h1-2,6,9,14-15,19H,3-5,7-8,10-13,16H2,(H,24,26). The molecular weight excluding hydrogens is 376 g/mol. The molecule has 0 saturated carbocycles. The van der Waals surface area contributed by atoms with E-state index in [0.717, 1.165) is 73.2 Å². The predicted molar refractivity (Wildman–Crippen MR) is 118 cm³/mol. The number of aryl methyl sites for hydroxylation is 2. The van der Waals surface area contributed by atoms with E-state index in [1.165, 1.54) is 12.8 Å². The molecule has 1 aromatic carbocycles. The van der Waals surface area contributed by atoms with E-state index in [0.29, 0.717) is 12.6 Å². The minimum atomic E-state index is 0.0355. The largest absolute Gasteiger partial charge is 0.366 e. The number of hydrogen-bond acceptors (Lipinski definition) is 6. The van der Waals surface area contributed by atoms with Gasteiger partial charge in [0.1, 0.15) is 0 Å². The van der Waals surface area contributed by atoms with Gasteiger partial charge in [-0.3, -0.25) is 9.69 Å². The zero-order valence-electron chi connectivity index (χ0n) is 17.3. The first-order valence-electron chi connectivity index (χ1n) is 11.1. The first-order valence-corrected chi connectivity index (χ1v) is 11.1. The van der Waals surface area contributed by atoms with Gasteiger partial charge in [-0.15, -0.1) is 5.10 Å². The van der Waals surface area contributed by atoms with Gasteiger partial charge in [0.15, 0.2) is 5.82 Å². The van der Waals surface area contributed by atoms with Crippen molar-refractivity contribution in [3.8, 4) is 0 Å². The van der Waals surface area contributed by atoms with Gasteiger partial charge in [-0.2, -0.15) is 10.2 Å². The molecule has 0 amide bonds. The van der Waals surface area contributed by atoms with Crippen LogP contribution in [0, 0.1) is 0 Å². The van der Waals surface area contributed by atoms with Gasteiger partial charge in [0.2, 0.25) is 0 Å². The van der Waals surface area contributed by atoms with E-state index < -0.39 is 0 Å². The van der Waals surface area contributed by atoms with Crippen molar-refractivity contribution in [2.75, 3.05) is 25.0 Å². The van der Waals surface area contributed by atoms with Crippen LogP contribution in [-0.2, 0) is 19.4 Å². The van der Waals surface area contributed by atoms with E-state index in [1.807, 2.05) is 12.1 Å². The lowest BCUT2D eigenvalue weighted by Gasteiger charge is -2.36. The predicted octanol–water partition coefficient (Wildman–Crippen LogP) is 2.64. The number of piperidine rings is 1. The highest BCUT2D eigenvalue weighted by Crippen LogP contribution is 2.22. The Morgan fingerprint density at radius 2 is 2.03 bits per heavy atom. The molecule has 1 unspecified atom stereocenters. The summed E-state index contributed by atoms with van der Waals surface area (Å²) in [5.41, 5.74) is 2.29. The van der Waals surface area contributed by atoms with Crippen LogP contribution in [0.1, 0.15) is 36.9 Å². The summed E-state index contributed by atoms with van der Waals surface area (Å²) in [5, 5.41) is 18.8. The molecule has 0 bridgehead atoms. The summed E-state index contributed by atoms with van der Waals surface area (Å²) in [4.78, 5) is 14.9. The zero-order chi connectivity index (χ0) is 20.3. The van der Waals surface area contributed by atoms with Gasteiger partial charge in [-0.25, -0.2) is 4.68 Å². The minimum absolute atomic E-state index is 0.0355. The van der Waals surface area contributed by atoms with Gasteiger partial charge < -0.3 is 5.32 Å². The molecule has 1 fully saturated rings. The summed E-state index contributed by atoms with van der Waals surface area (Å²) in [6, 6.07) is 10.4. The summed E-state index contributed by atoms with van der Waals surface area (Å²) in [5.74, 6) is 0.843. The fourth-order valence-corrected chi connectivity index (χ4v) is 4.78. The smallest absolute Gasteiger partial charge is 0.267 e. The Morgan fingerprint density at radius 1 is 1.10 bits per heavy atom. The maximum absolute atomic E-state index is 12.4. The summed E-state index contributed by atoms with van der Waals surface area (Å²) in [6.45, 7) is 3.39. The topological polar surface area (TPSA) is 75.9 Å². The molecule has 0 spiro atoms. The van der Waals surface area contributed by atoms with Crippen LogP contribution >= 0.6 is 0 Å². The van der Waals surface area contributed by atoms with Crippen molar-refractivity contribution in [1.82, 2.24) is 24.9 Å². The monoisotopic (exact) mass is 404 g/mol. The number of hydrogen-bond donors (Lipinski definition) is 1. The number of nitrogens with zero attached hydrogens (tertiary/aromatic N) is 5. The van der Waals surface area contributed by atoms with Gasteiger partial charge in [0.25, 0.3) is 5.56 Å². The molecule has 156 valence electrons. The second-order valence-electron chi connectivity index (χ2n) is 8.38. The molecule has 1 saturated heterocycles. The van der Waals surface area contributed by atoms with Crippen LogP contribution in [0.15, 0.2) is 41.3 Å². The molecule has 1 aliphatic heterocycles. The van der Waals surface area contributed by atoms with Crippen molar-refractivity contribution >= 4 is 16.6 Å². The van der Waals surface area contributed by atoms with Crippen molar-refractivity contribution in [1.29, 1.82) is 0 Å². The molecule has 2 aliphatic rings. The number of aromatic nitrogens is 4. The van der Waals surface area contributed by atoms with Gasteiger partial charge in [0.05, 0.1) is 18.4 Å². The fourth-order valence-electron chi connectivity index (χ4n) is 4.78. The molecular formula is C23H28N6O. The van der Waals surface area contributed by atoms with Gasteiger partial charge >= 0.3 is 0 Å². The molecule has 2 aromatic heterocycles. The Bertz CT molecular complexity index is 1090. The average molecular weight is 405 g/mol. The highest BCUT2D eigenvalue weighted by molar-refractivity contribution is 5.90. The second kappa shape index (κ2) is 8.52. The lowest BCUT2D eigenvalue weighted by molar-refractivity contribution is 0.148. The molecule has 0 radical (unpaired) electrons. The summed E-state index contributed by atoms with van der Waals surface area (Å²) < 4.78 is 1.67. The number of nitrogens with one attached hydrogen (secondary N) is 1. The Kier molecular flexibility index (Phi) is 5.45. The lowest BCUT2D eigenvalue weighted by atomic mass is 10.0. The average Bonchev–Trinajstić information content (AvgIpc) is 3.23. The second-order valence-corrected chi connectivity index (χ2v) is 8.38. The molecule has 30 heavy (non-hydrogen) atoms.